The lowest BCUT2D eigenvalue weighted by atomic mass is 10.00. The minimum atomic E-state index is -1.03. The molecule has 0 fully saturated rings. The molecule has 0 saturated carbocycles. The van der Waals surface area contributed by atoms with Gasteiger partial charge in [-0.1, -0.05) is 91.0 Å². The molecular formula is C25H23NO4. The molecule has 3 aromatic rings. The summed E-state index contributed by atoms with van der Waals surface area (Å²) in [7, 11) is 0. The fourth-order valence-electron chi connectivity index (χ4n) is 2.99. The van der Waals surface area contributed by atoms with Crippen LogP contribution in [0.4, 0.5) is 0 Å². The van der Waals surface area contributed by atoms with Gasteiger partial charge in [-0.25, -0.2) is 0 Å². The number of hydrogen-bond acceptors (Lipinski definition) is 4. The molecule has 1 amide bonds. The highest BCUT2D eigenvalue weighted by molar-refractivity contribution is 6.01. The summed E-state index contributed by atoms with van der Waals surface area (Å²) in [5, 5.41) is 2.71. The Balaban J connectivity index is 1.57. The number of carbonyl (C=O) groups is 3. The van der Waals surface area contributed by atoms with E-state index < -0.39 is 12.1 Å². The van der Waals surface area contributed by atoms with Gasteiger partial charge in [-0.05, 0) is 5.56 Å². The maximum absolute atomic E-state index is 12.9. The highest BCUT2D eigenvalue weighted by Crippen LogP contribution is 2.23. The van der Waals surface area contributed by atoms with E-state index in [1.165, 1.54) is 0 Å². The predicted octanol–water partition coefficient (Wildman–Crippen LogP) is 3.90. The fourth-order valence-corrected chi connectivity index (χ4v) is 2.99. The molecule has 0 heterocycles. The number of Topliss-reactive ketones (excluding diaryl/α,β-unsaturated/α-hetero) is 1. The van der Waals surface area contributed by atoms with Gasteiger partial charge in [-0.15, -0.1) is 0 Å². The maximum atomic E-state index is 12.9. The molecule has 0 radical (unpaired) electrons. The number of ketones is 1. The minimum Gasteiger partial charge on any atom is -0.449 e. The molecule has 5 nitrogen and oxygen atoms in total. The van der Waals surface area contributed by atoms with Crippen molar-refractivity contribution in [2.24, 2.45) is 0 Å². The third-order valence-corrected chi connectivity index (χ3v) is 4.51. The van der Waals surface area contributed by atoms with Crippen molar-refractivity contribution in [1.29, 1.82) is 0 Å². The van der Waals surface area contributed by atoms with E-state index in [9.17, 15) is 14.4 Å². The Bertz CT molecular complexity index is 972. The standard InChI is InChI=1S/C25H23NO4/c27-22(18-19-10-4-1-5-11-19)26-17-16-23(28)30-25(21-14-8-3-9-15-21)24(29)20-12-6-2-7-13-20/h1-15,25H,16-18H2,(H,26,27). The number of hydrogen-bond donors (Lipinski definition) is 1. The zero-order chi connectivity index (χ0) is 21.2. The molecule has 0 bridgehead atoms. The van der Waals surface area contributed by atoms with Crippen LogP contribution >= 0.6 is 0 Å². The maximum Gasteiger partial charge on any atom is 0.308 e. The Hall–Kier alpha value is -3.73. The molecule has 5 heteroatoms. The van der Waals surface area contributed by atoms with Crippen molar-refractivity contribution in [3.8, 4) is 0 Å². The Morgan fingerprint density at radius 1 is 0.767 bits per heavy atom. The normalized spacial score (nSPS) is 11.3. The van der Waals surface area contributed by atoms with E-state index in [1.807, 2.05) is 42.5 Å². The van der Waals surface area contributed by atoms with Crippen molar-refractivity contribution >= 4 is 17.7 Å². The van der Waals surface area contributed by atoms with Crippen molar-refractivity contribution in [3.63, 3.8) is 0 Å². The van der Waals surface area contributed by atoms with Gasteiger partial charge in [-0.3, -0.25) is 14.4 Å². The van der Waals surface area contributed by atoms with Crippen LogP contribution in [0.1, 0.15) is 34.0 Å². The minimum absolute atomic E-state index is 0.0219. The second-order valence-electron chi connectivity index (χ2n) is 6.77. The molecule has 0 spiro atoms. The molecule has 3 aromatic carbocycles. The first-order valence-electron chi connectivity index (χ1n) is 9.78. The highest BCUT2D eigenvalue weighted by atomic mass is 16.5. The van der Waals surface area contributed by atoms with E-state index in [2.05, 4.69) is 5.32 Å². The lowest BCUT2D eigenvalue weighted by Crippen LogP contribution is -2.29. The zero-order valence-electron chi connectivity index (χ0n) is 16.5. The second-order valence-corrected chi connectivity index (χ2v) is 6.77. The predicted molar refractivity (Wildman–Crippen MR) is 114 cm³/mol. The summed E-state index contributed by atoms with van der Waals surface area (Å²) in [6, 6.07) is 27.0. The van der Waals surface area contributed by atoms with Gasteiger partial charge in [-0.2, -0.15) is 0 Å². The molecule has 30 heavy (non-hydrogen) atoms. The van der Waals surface area contributed by atoms with Crippen LogP contribution in [0.3, 0.4) is 0 Å². The first kappa shape index (κ1) is 21.0. The summed E-state index contributed by atoms with van der Waals surface area (Å²) in [6.45, 7) is 0.144. The van der Waals surface area contributed by atoms with Crippen molar-refractivity contribution < 1.29 is 19.1 Å². The molecule has 1 atom stereocenters. The fraction of sp³-hybridized carbons (Fsp3) is 0.160. The first-order valence-corrected chi connectivity index (χ1v) is 9.78. The second kappa shape index (κ2) is 10.7. The Kier molecular flexibility index (Phi) is 7.50. The molecule has 0 aliphatic rings. The molecule has 1 unspecified atom stereocenters. The van der Waals surface area contributed by atoms with Crippen LogP contribution in [0.25, 0.3) is 0 Å². The third kappa shape index (κ3) is 6.14. The number of ether oxygens (including phenoxy) is 1. The van der Waals surface area contributed by atoms with Gasteiger partial charge in [0.05, 0.1) is 12.8 Å². The van der Waals surface area contributed by atoms with Crippen molar-refractivity contribution in [2.45, 2.75) is 18.9 Å². The van der Waals surface area contributed by atoms with Gasteiger partial charge < -0.3 is 10.1 Å². The monoisotopic (exact) mass is 401 g/mol. The van der Waals surface area contributed by atoms with Gasteiger partial charge in [0.25, 0.3) is 0 Å². The molecular weight excluding hydrogens is 378 g/mol. The van der Waals surface area contributed by atoms with E-state index in [1.54, 1.807) is 48.5 Å². The highest BCUT2D eigenvalue weighted by Gasteiger charge is 2.25. The van der Waals surface area contributed by atoms with Crippen LogP contribution in [0.2, 0.25) is 0 Å². The van der Waals surface area contributed by atoms with Crippen LogP contribution in [0.5, 0.6) is 0 Å². The largest absolute Gasteiger partial charge is 0.449 e. The molecule has 0 saturated heterocycles. The van der Waals surface area contributed by atoms with Crippen molar-refractivity contribution in [1.82, 2.24) is 5.32 Å². The van der Waals surface area contributed by atoms with Gasteiger partial charge >= 0.3 is 5.97 Å². The first-order chi connectivity index (χ1) is 14.6. The van der Waals surface area contributed by atoms with Gasteiger partial charge in [0, 0.05) is 17.7 Å². The van der Waals surface area contributed by atoms with Gasteiger partial charge in [0.15, 0.2) is 6.10 Å². The summed E-state index contributed by atoms with van der Waals surface area (Å²) < 4.78 is 5.51. The molecule has 3 rings (SSSR count). The van der Waals surface area contributed by atoms with E-state index in [4.69, 9.17) is 4.74 Å². The smallest absolute Gasteiger partial charge is 0.308 e. The SMILES string of the molecule is O=C(Cc1ccccc1)NCCC(=O)OC(C(=O)c1ccccc1)c1ccccc1. The zero-order valence-corrected chi connectivity index (χ0v) is 16.5. The molecule has 0 aliphatic carbocycles. The number of nitrogens with one attached hydrogen (secondary N) is 1. The summed E-state index contributed by atoms with van der Waals surface area (Å²) in [6.07, 6.45) is -0.804. The number of amides is 1. The van der Waals surface area contributed by atoms with Crippen molar-refractivity contribution in [3.05, 3.63) is 108 Å². The van der Waals surface area contributed by atoms with Gasteiger partial charge in [0.2, 0.25) is 11.7 Å². The number of rotatable bonds is 9. The summed E-state index contributed by atoms with van der Waals surface area (Å²) >= 11 is 0. The number of benzene rings is 3. The summed E-state index contributed by atoms with van der Waals surface area (Å²) in [5.41, 5.74) is 1.97. The van der Waals surface area contributed by atoms with E-state index in [0.717, 1.165) is 5.56 Å². The van der Waals surface area contributed by atoms with Gasteiger partial charge in [0.1, 0.15) is 0 Å². The van der Waals surface area contributed by atoms with Crippen LogP contribution in [-0.4, -0.2) is 24.2 Å². The Morgan fingerprint density at radius 2 is 1.33 bits per heavy atom. The average molecular weight is 401 g/mol. The topological polar surface area (TPSA) is 72.5 Å². The van der Waals surface area contributed by atoms with E-state index >= 15 is 0 Å². The van der Waals surface area contributed by atoms with Crippen LogP contribution in [-0.2, 0) is 20.7 Å². The molecule has 0 aliphatic heterocycles. The molecule has 1 N–H and O–H groups in total. The van der Waals surface area contributed by atoms with E-state index in [-0.39, 0.29) is 31.1 Å². The van der Waals surface area contributed by atoms with Crippen LogP contribution < -0.4 is 5.32 Å². The number of esters is 1. The lowest BCUT2D eigenvalue weighted by molar-refractivity contribution is -0.147. The van der Waals surface area contributed by atoms with E-state index in [0.29, 0.717) is 11.1 Å². The lowest BCUT2D eigenvalue weighted by Gasteiger charge is -2.17. The summed E-state index contributed by atoms with van der Waals surface area (Å²) in [4.78, 5) is 37.3. The molecule has 0 aromatic heterocycles. The Morgan fingerprint density at radius 3 is 1.97 bits per heavy atom. The Labute approximate surface area is 175 Å². The third-order valence-electron chi connectivity index (χ3n) is 4.51. The van der Waals surface area contributed by atoms with Crippen molar-refractivity contribution in [2.75, 3.05) is 6.54 Å². The summed E-state index contributed by atoms with van der Waals surface area (Å²) in [5.74, 6) is -1.01. The molecule has 152 valence electrons. The average Bonchev–Trinajstić information content (AvgIpc) is 2.79. The van der Waals surface area contributed by atoms with Crippen LogP contribution in [0, 0.1) is 0 Å². The van der Waals surface area contributed by atoms with Crippen LogP contribution in [0.15, 0.2) is 91.0 Å². The number of carbonyl (C=O) groups excluding carboxylic acids is 3. The quantitative estimate of drug-likeness (QED) is 0.436.